The molecule has 0 aromatic rings. The first-order valence-electron chi connectivity index (χ1n) is 6.22. The molecule has 0 aliphatic carbocycles. The van der Waals surface area contributed by atoms with E-state index in [2.05, 4.69) is 31.0 Å². The normalized spacial score (nSPS) is 26.4. The van der Waals surface area contributed by atoms with E-state index in [1.807, 2.05) is 0 Å². The van der Waals surface area contributed by atoms with Gasteiger partial charge in [-0.15, -0.1) is 0 Å². The molecule has 0 radical (unpaired) electrons. The van der Waals surface area contributed by atoms with Crippen molar-refractivity contribution in [1.82, 2.24) is 10.2 Å². The predicted molar refractivity (Wildman–Crippen MR) is 62.6 cm³/mol. The minimum absolute atomic E-state index is 0.754. The Morgan fingerprint density at radius 1 is 1.43 bits per heavy atom. The van der Waals surface area contributed by atoms with Crippen LogP contribution in [-0.2, 0) is 0 Å². The van der Waals surface area contributed by atoms with E-state index in [-0.39, 0.29) is 0 Å². The van der Waals surface area contributed by atoms with Crippen LogP contribution < -0.4 is 5.32 Å². The summed E-state index contributed by atoms with van der Waals surface area (Å²) in [6.45, 7) is 10.5. The minimum Gasteiger partial charge on any atom is -0.317 e. The second kappa shape index (κ2) is 6.41. The van der Waals surface area contributed by atoms with Crippen molar-refractivity contribution in [3.8, 4) is 0 Å². The van der Waals surface area contributed by atoms with Gasteiger partial charge in [0.15, 0.2) is 0 Å². The monoisotopic (exact) mass is 198 g/mol. The molecule has 0 saturated carbocycles. The van der Waals surface area contributed by atoms with E-state index < -0.39 is 0 Å². The number of hydrogen-bond donors (Lipinski definition) is 1. The van der Waals surface area contributed by atoms with Crippen molar-refractivity contribution >= 4 is 0 Å². The Labute approximate surface area is 89.1 Å². The molecule has 2 atom stereocenters. The van der Waals surface area contributed by atoms with Crippen LogP contribution in [0.15, 0.2) is 0 Å². The lowest BCUT2D eigenvalue weighted by Gasteiger charge is -2.38. The van der Waals surface area contributed by atoms with Gasteiger partial charge in [-0.2, -0.15) is 0 Å². The maximum atomic E-state index is 3.41. The standard InChI is InChI=1S/C12H26N2/c1-4-13-9-8-12(3)14-10-6-5-7-11(14)2/h11-13H,4-10H2,1-3H3. The van der Waals surface area contributed by atoms with Crippen molar-refractivity contribution in [1.29, 1.82) is 0 Å². The third kappa shape index (κ3) is 3.58. The molecule has 1 heterocycles. The third-order valence-electron chi connectivity index (χ3n) is 3.41. The number of piperidine rings is 1. The summed E-state index contributed by atoms with van der Waals surface area (Å²) in [5.41, 5.74) is 0. The van der Waals surface area contributed by atoms with Gasteiger partial charge in [-0.25, -0.2) is 0 Å². The topological polar surface area (TPSA) is 15.3 Å². The lowest BCUT2D eigenvalue weighted by Crippen LogP contribution is -2.44. The summed E-state index contributed by atoms with van der Waals surface area (Å²) in [6.07, 6.45) is 5.51. The molecule has 0 spiro atoms. The lowest BCUT2D eigenvalue weighted by atomic mass is 10.0. The summed E-state index contributed by atoms with van der Waals surface area (Å²) in [5.74, 6) is 0. The number of nitrogens with zero attached hydrogens (tertiary/aromatic N) is 1. The molecule has 0 aromatic carbocycles. The zero-order valence-corrected chi connectivity index (χ0v) is 10.1. The van der Waals surface area contributed by atoms with Gasteiger partial charge in [0.05, 0.1) is 0 Å². The van der Waals surface area contributed by atoms with Crippen LogP contribution in [0.2, 0.25) is 0 Å². The molecule has 1 N–H and O–H groups in total. The zero-order valence-electron chi connectivity index (χ0n) is 10.1. The molecule has 1 saturated heterocycles. The van der Waals surface area contributed by atoms with E-state index in [1.54, 1.807) is 0 Å². The molecule has 84 valence electrons. The Hall–Kier alpha value is -0.0800. The van der Waals surface area contributed by atoms with Crippen LogP contribution >= 0.6 is 0 Å². The average molecular weight is 198 g/mol. The summed E-state index contributed by atoms with van der Waals surface area (Å²) >= 11 is 0. The maximum absolute atomic E-state index is 3.41. The Kier molecular flexibility index (Phi) is 5.49. The average Bonchev–Trinajstić information content (AvgIpc) is 2.18. The number of nitrogens with one attached hydrogen (secondary N) is 1. The highest BCUT2D eigenvalue weighted by Crippen LogP contribution is 2.19. The molecule has 2 heteroatoms. The summed E-state index contributed by atoms with van der Waals surface area (Å²) in [4.78, 5) is 2.68. The van der Waals surface area contributed by atoms with Crippen LogP contribution in [0.5, 0.6) is 0 Å². The van der Waals surface area contributed by atoms with E-state index in [0.717, 1.165) is 18.6 Å². The van der Waals surface area contributed by atoms with Gasteiger partial charge in [0.1, 0.15) is 0 Å². The highest BCUT2D eigenvalue weighted by molar-refractivity contribution is 4.78. The zero-order chi connectivity index (χ0) is 10.4. The van der Waals surface area contributed by atoms with Crippen molar-refractivity contribution in [2.24, 2.45) is 0 Å². The second-order valence-corrected chi connectivity index (χ2v) is 4.57. The molecule has 0 amide bonds. The summed E-state index contributed by atoms with van der Waals surface area (Å²) in [7, 11) is 0. The SMILES string of the molecule is CCNCCC(C)N1CCCCC1C. The van der Waals surface area contributed by atoms with Gasteiger partial charge in [0.2, 0.25) is 0 Å². The molecule has 2 nitrogen and oxygen atoms in total. The molecule has 0 aromatic heterocycles. The molecule has 1 rings (SSSR count). The molecule has 2 unspecified atom stereocenters. The van der Waals surface area contributed by atoms with Crippen LogP contribution in [0, 0.1) is 0 Å². The fraction of sp³-hybridized carbons (Fsp3) is 1.00. The van der Waals surface area contributed by atoms with Crippen LogP contribution in [0.3, 0.4) is 0 Å². The van der Waals surface area contributed by atoms with Crippen molar-refractivity contribution in [3.05, 3.63) is 0 Å². The van der Waals surface area contributed by atoms with Crippen molar-refractivity contribution in [2.45, 2.75) is 58.5 Å². The van der Waals surface area contributed by atoms with E-state index in [0.29, 0.717) is 0 Å². The van der Waals surface area contributed by atoms with Gasteiger partial charge in [0.25, 0.3) is 0 Å². The molecular weight excluding hydrogens is 172 g/mol. The first kappa shape index (κ1) is 12.0. The second-order valence-electron chi connectivity index (χ2n) is 4.57. The van der Waals surface area contributed by atoms with Gasteiger partial charge < -0.3 is 5.32 Å². The maximum Gasteiger partial charge on any atom is 0.00818 e. The first-order chi connectivity index (χ1) is 6.75. The fourth-order valence-electron chi connectivity index (χ4n) is 2.43. The molecular formula is C12H26N2. The van der Waals surface area contributed by atoms with E-state index in [9.17, 15) is 0 Å². The summed E-state index contributed by atoms with van der Waals surface area (Å²) in [5, 5.41) is 3.41. The minimum atomic E-state index is 0.754. The Bertz CT molecular complexity index is 147. The highest BCUT2D eigenvalue weighted by atomic mass is 15.2. The van der Waals surface area contributed by atoms with E-state index >= 15 is 0 Å². The van der Waals surface area contributed by atoms with E-state index in [1.165, 1.54) is 38.8 Å². The van der Waals surface area contributed by atoms with Crippen LogP contribution in [0.25, 0.3) is 0 Å². The fourth-order valence-corrected chi connectivity index (χ4v) is 2.43. The summed E-state index contributed by atoms with van der Waals surface area (Å²) < 4.78 is 0. The number of hydrogen-bond acceptors (Lipinski definition) is 2. The van der Waals surface area contributed by atoms with Gasteiger partial charge >= 0.3 is 0 Å². The largest absolute Gasteiger partial charge is 0.317 e. The smallest absolute Gasteiger partial charge is 0.00818 e. The molecule has 1 aliphatic rings. The predicted octanol–water partition coefficient (Wildman–Crippen LogP) is 2.25. The number of rotatable bonds is 5. The quantitative estimate of drug-likeness (QED) is 0.682. The van der Waals surface area contributed by atoms with Gasteiger partial charge in [-0.3, -0.25) is 4.90 Å². The highest BCUT2D eigenvalue weighted by Gasteiger charge is 2.22. The van der Waals surface area contributed by atoms with Gasteiger partial charge in [-0.1, -0.05) is 13.3 Å². The van der Waals surface area contributed by atoms with Crippen molar-refractivity contribution in [2.75, 3.05) is 19.6 Å². The van der Waals surface area contributed by atoms with Crippen molar-refractivity contribution < 1.29 is 0 Å². The Morgan fingerprint density at radius 3 is 2.86 bits per heavy atom. The Morgan fingerprint density at radius 2 is 2.21 bits per heavy atom. The lowest BCUT2D eigenvalue weighted by molar-refractivity contribution is 0.109. The molecule has 1 fully saturated rings. The molecule has 14 heavy (non-hydrogen) atoms. The van der Waals surface area contributed by atoms with Crippen LogP contribution in [0.1, 0.15) is 46.5 Å². The van der Waals surface area contributed by atoms with Crippen LogP contribution in [0.4, 0.5) is 0 Å². The van der Waals surface area contributed by atoms with Gasteiger partial charge in [0, 0.05) is 12.1 Å². The molecule has 0 bridgehead atoms. The van der Waals surface area contributed by atoms with E-state index in [4.69, 9.17) is 0 Å². The van der Waals surface area contributed by atoms with Crippen LogP contribution in [-0.4, -0.2) is 36.6 Å². The molecule has 1 aliphatic heterocycles. The number of likely N-dealkylation sites (tertiary alicyclic amines) is 1. The van der Waals surface area contributed by atoms with Crippen molar-refractivity contribution in [3.63, 3.8) is 0 Å². The Balaban J connectivity index is 2.23. The first-order valence-corrected chi connectivity index (χ1v) is 6.22. The van der Waals surface area contributed by atoms with Gasteiger partial charge in [-0.05, 0) is 52.7 Å². The third-order valence-corrected chi connectivity index (χ3v) is 3.41. The summed E-state index contributed by atoms with van der Waals surface area (Å²) in [6, 6.07) is 1.56.